The zero-order chi connectivity index (χ0) is 10.2. The smallest absolute Gasteiger partial charge is 0.0825 e. The molecule has 0 saturated carbocycles. The molecule has 4 nitrogen and oxygen atoms in total. The Morgan fingerprint density at radius 3 is 2.79 bits per heavy atom. The van der Waals surface area contributed by atoms with Gasteiger partial charge in [0.15, 0.2) is 0 Å². The monoisotopic (exact) mass is 200 g/mol. The Hall–Kier alpha value is -0.160. The number of methoxy groups -OCH3 is 1. The molecule has 0 bridgehead atoms. The maximum atomic E-state index is 10.2. The molecule has 14 heavy (non-hydrogen) atoms. The minimum Gasteiger partial charge on any atom is -0.388 e. The number of ether oxygens (including phenoxy) is 1. The summed E-state index contributed by atoms with van der Waals surface area (Å²) in [5.41, 5.74) is -0.538. The first-order valence-corrected chi connectivity index (χ1v) is 5.33. The van der Waals surface area contributed by atoms with Crippen LogP contribution in [0.2, 0.25) is 0 Å². The Labute approximate surface area is 85.2 Å². The van der Waals surface area contributed by atoms with E-state index in [0.717, 1.165) is 32.6 Å². The van der Waals surface area contributed by atoms with Gasteiger partial charge in [0.25, 0.3) is 0 Å². The van der Waals surface area contributed by atoms with E-state index >= 15 is 0 Å². The minimum atomic E-state index is -0.538. The number of aliphatic hydroxyl groups is 1. The van der Waals surface area contributed by atoms with Crippen molar-refractivity contribution in [3.05, 3.63) is 0 Å². The Bertz CT molecular complexity index is 202. The molecule has 2 atom stereocenters. The molecule has 0 aromatic carbocycles. The number of hydrogen-bond donors (Lipinski definition) is 2. The summed E-state index contributed by atoms with van der Waals surface area (Å²) >= 11 is 0. The van der Waals surface area contributed by atoms with Gasteiger partial charge in [-0.3, -0.25) is 4.90 Å². The molecule has 2 aliphatic rings. The van der Waals surface area contributed by atoms with Crippen LogP contribution in [0.3, 0.4) is 0 Å². The lowest BCUT2D eigenvalue weighted by Crippen LogP contribution is -2.67. The molecule has 2 unspecified atom stereocenters. The fourth-order valence-corrected chi connectivity index (χ4v) is 2.36. The van der Waals surface area contributed by atoms with Gasteiger partial charge < -0.3 is 15.2 Å². The second-order valence-corrected chi connectivity index (χ2v) is 4.64. The van der Waals surface area contributed by atoms with Crippen LogP contribution in [0.25, 0.3) is 0 Å². The molecule has 0 aromatic heterocycles. The van der Waals surface area contributed by atoms with Crippen molar-refractivity contribution in [3.8, 4) is 0 Å². The quantitative estimate of drug-likeness (QED) is 0.626. The number of nitrogens with one attached hydrogen (secondary N) is 1. The number of hydrogen-bond acceptors (Lipinski definition) is 4. The average Bonchev–Trinajstić information content (AvgIpc) is 2.05. The molecule has 2 saturated heterocycles. The minimum absolute atomic E-state index is 0.252. The molecule has 0 aromatic rings. The largest absolute Gasteiger partial charge is 0.388 e. The summed E-state index contributed by atoms with van der Waals surface area (Å²) in [6, 6.07) is 0.252. The van der Waals surface area contributed by atoms with Gasteiger partial charge in [-0.2, -0.15) is 0 Å². The van der Waals surface area contributed by atoms with E-state index in [0.29, 0.717) is 6.10 Å². The van der Waals surface area contributed by atoms with Crippen molar-refractivity contribution in [1.29, 1.82) is 0 Å². The van der Waals surface area contributed by atoms with E-state index in [-0.39, 0.29) is 6.04 Å². The zero-order valence-corrected chi connectivity index (χ0v) is 8.99. The molecule has 4 heteroatoms. The molecular formula is C10H20N2O2. The Kier molecular flexibility index (Phi) is 2.79. The van der Waals surface area contributed by atoms with Crippen LogP contribution >= 0.6 is 0 Å². The molecule has 2 rings (SSSR count). The van der Waals surface area contributed by atoms with Crippen LogP contribution in [0.5, 0.6) is 0 Å². The lowest BCUT2D eigenvalue weighted by atomic mass is 9.86. The SMILES string of the molecule is COC1CN(C2CNCCC2(C)O)C1. The molecular weight excluding hydrogens is 180 g/mol. The highest BCUT2D eigenvalue weighted by atomic mass is 16.5. The van der Waals surface area contributed by atoms with Gasteiger partial charge in [-0.1, -0.05) is 0 Å². The normalized spacial score (nSPS) is 40.9. The highest BCUT2D eigenvalue weighted by molar-refractivity contribution is 4.99. The predicted octanol–water partition coefficient (Wildman–Crippen LogP) is -0.570. The first kappa shape index (κ1) is 10.4. The van der Waals surface area contributed by atoms with Crippen molar-refractivity contribution >= 4 is 0 Å². The van der Waals surface area contributed by atoms with Crippen LogP contribution in [-0.4, -0.2) is 61.0 Å². The molecule has 0 aliphatic carbocycles. The van der Waals surface area contributed by atoms with Crippen molar-refractivity contribution in [1.82, 2.24) is 10.2 Å². The van der Waals surface area contributed by atoms with Crippen LogP contribution in [0, 0.1) is 0 Å². The standard InChI is InChI=1S/C10H20N2O2/c1-10(13)3-4-11-5-9(10)12-6-8(7-12)14-2/h8-9,11,13H,3-7H2,1-2H3. The molecule has 2 aliphatic heterocycles. The summed E-state index contributed by atoms with van der Waals surface area (Å²) in [7, 11) is 1.75. The van der Waals surface area contributed by atoms with Crippen molar-refractivity contribution in [2.75, 3.05) is 33.3 Å². The van der Waals surface area contributed by atoms with Gasteiger partial charge >= 0.3 is 0 Å². The third kappa shape index (κ3) is 1.80. The summed E-state index contributed by atoms with van der Waals surface area (Å²) in [6.45, 7) is 5.67. The summed E-state index contributed by atoms with van der Waals surface area (Å²) in [5, 5.41) is 13.5. The zero-order valence-electron chi connectivity index (χ0n) is 8.99. The fourth-order valence-electron chi connectivity index (χ4n) is 2.36. The first-order valence-electron chi connectivity index (χ1n) is 5.33. The van der Waals surface area contributed by atoms with E-state index in [4.69, 9.17) is 4.74 Å². The fraction of sp³-hybridized carbons (Fsp3) is 1.00. The second-order valence-electron chi connectivity index (χ2n) is 4.64. The van der Waals surface area contributed by atoms with Crippen molar-refractivity contribution in [2.45, 2.75) is 31.1 Å². The predicted molar refractivity (Wildman–Crippen MR) is 54.3 cm³/mol. The van der Waals surface area contributed by atoms with Gasteiger partial charge in [0.2, 0.25) is 0 Å². The number of nitrogens with zero attached hydrogens (tertiary/aromatic N) is 1. The Balaban J connectivity index is 1.90. The van der Waals surface area contributed by atoms with Gasteiger partial charge in [0.1, 0.15) is 0 Å². The van der Waals surface area contributed by atoms with E-state index in [1.807, 2.05) is 6.92 Å². The van der Waals surface area contributed by atoms with Crippen LogP contribution in [0.1, 0.15) is 13.3 Å². The Morgan fingerprint density at radius 1 is 1.50 bits per heavy atom. The van der Waals surface area contributed by atoms with E-state index in [2.05, 4.69) is 10.2 Å². The van der Waals surface area contributed by atoms with Crippen LogP contribution in [0.15, 0.2) is 0 Å². The number of rotatable bonds is 2. The van der Waals surface area contributed by atoms with Gasteiger partial charge in [-0.05, 0) is 19.9 Å². The third-order valence-corrected chi connectivity index (χ3v) is 3.51. The maximum Gasteiger partial charge on any atom is 0.0825 e. The molecule has 82 valence electrons. The van der Waals surface area contributed by atoms with Crippen molar-refractivity contribution in [3.63, 3.8) is 0 Å². The highest BCUT2D eigenvalue weighted by Crippen LogP contribution is 2.26. The highest BCUT2D eigenvalue weighted by Gasteiger charge is 2.43. The maximum absolute atomic E-state index is 10.2. The van der Waals surface area contributed by atoms with Gasteiger partial charge in [-0.25, -0.2) is 0 Å². The summed E-state index contributed by atoms with van der Waals surface area (Å²) in [5.74, 6) is 0. The number of likely N-dealkylation sites (tertiary alicyclic amines) is 1. The molecule has 2 N–H and O–H groups in total. The first-order chi connectivity index (χ1) is 6.63. The average molecular weight is 200 g/mol. The summed E-state index contributed by atoms with van der Waals surface area (Å²) in [4.78, 5) is 2.31. The Morgan fingerprint density at radius 2 is 2.21 bits per heavy atom. The summed E-state index contributed by atoms with van der Waals surface area (Å²) in [6.07, 6.45) is 1.21. The third-order valence-electron chi connectivity index (χ3n) is 3.51. The van der Waals surface area contributed by atoms with Crippen LogP contribution < -0.4 is 5.32 Å². The topological polar surface area (TPSA) is 44.7 Å². The van der Waals surface area contributed by atoms with Crippen LogP contribution in [-0.2, 0) is 4.74 Å². The lowest BCUT2D eigenvalue weighted by molar-refractivity contribution is -0.117. The van der Waals surface area contributed by atoms with Gasteiger partial charge in [0.05, 0.1) is 17.7 Å². The molecule has 2 fully saturated rings. The molecule has 0 spiro atoms. The van der Waals surface area contributed by atoms with E-state index in [1.54, 1.807) is 7.11 Å². The molecule has 0 radical (unpaired) electrons. The van der Waals surface area contributed by atoms with Crippen LogP contribution in [0.4, 0.5) is 0 Å². The van der Waals surface area contributed by atoms with Crippen molar-refractivity contribution in [2.24, 2.45) is 0 Å². The van der Waals surface area contributed by atoms with E-state index in [9.17, 15) is 5.11 Å². The van der Waals surface area contributed by atoms with Gasteiger partial charge in [-0.15, -0.1) is 0 Å². The molecule has 2 heterocycles. The van der Waals surface area contributed by atoms with Gasteiger partial charge in [0, 0.05) is 26.7 Å². The second kappa shape index (κ2) is 3.77. The van der Waals surface area contributed by atoms with Crippen molar-refractivity contribution < 1.29 is 9.84 Å². The molecule has 0 amide bonds. The lowest BCUT2D eigenvalue weighted by Gasteiger charge is -2.50. The summed E-state index contributed by atoms with van der Waals surface area (Å²) < 4.78 is 5.23. The van der Waals surface area contributed by atoms with E-state index in [1.165, 1.54) is 0 Å². The van der Waals surface area contributed by atoms with E-state index < -0.39 is 5.60 Å². The number of piperidine rings is 1.